The molecule has 0 radical (unpaired) electrons. The third-order valence-electron chi connectivity index (χ3n) is 3.45. The predicted molar refractivity (Wildman–Crippen MR) is 91.4 cm³/mol. The first-order chi connectivity index (χ1) is 12.4. The van der Waals surface area contributed by atoms with E-state index in [1.54, 1.807) is 18.2 Å². The Hall–Kier alpha value is -1.57. The molecule has 0 aliphatic rings. The fourth-order valence-corrected chi connectivity index (χ4v) is 2.64. The van der Waals surface area contributed by atoms with Crippen molar-refractivity contribution in [3.8, 4) is 17.2 Å². The molecule has 5 nitrogen and oxygen atoms in total. The predicted octanol–water partition coefficient (Wildman–Crippen LogP) is 0.663. The topological polar surface area (TPSA) is 75.4 Å². The van der Waals surface area contributed by atoms with Gasteiger partial charge in [-0.25, -0.2) is 9.37 Å². The summed E-state index contributed by atoms with van der Waals surface area (Å²) in [5.41, 5.74) is 1.26. The molecule has 0 saturated carbocycles. The fourth-order valence-electron chi connectivity index (χ4n) is 2.25. The van der Waals surface area contributed by atoms with Crippen LogP contribution in [0.2, 0.25) is 10.0 Å². The van der Waals surface area contributed by atoms with E-state index < -0.39 is 11.8 Å². The van der Waals surface area contributed by atoms with Crippen molar-refractivity contribution < 1.29 is 53.0 Å². The number of carboxylic acid groups (broad SMARTS) is 1. The second-order valence-electron chi connectivity index (χ2n) is 5.36. The van der Waals surface area contributed by atoms with E-state index in [-0.39, 0.29) is 59.2 Å². The SMILES string of the molecule is O=C([O-])Cc1coc(-c2cc(Cl)ccc2OCc2ccc(F)cc2Cl)n1.[Na+]. The largest absolute Gasteiger partial charge is 1.00 e. The average Bonchev–Trinajstić information content (AvgIpc) is 3.02. The number of halogens is 3. The minimum Gasteiger partial charge on any atom is -0.550 e. The van der Waals surface area contributed by atoms with Gasteiger partial charge in [-0.2, -0.15) is 0 Å². The van der Waals surface area contributed by atoms with Gasteiger partial charge in [0.25, 0.3) is 0 Å². The molecule has 0 unspecified atom stereocenters. The Kier molecular flexibility index (Phi) is 7.70. The number of aliphatic carboxylic acids is 1. The van der Waals surface area contributed by atoms with Crippen molar-refractivity contribution in [3.05, 3.63) is 69.8 Å². The molecule has 134 valence electrons. The summed E-state index contributed by atoms with van der Waals surface area (Å²) < 4.78 is 24.2. The summed E-state index contributed by atoms with van der Waals surface area (Å²) in [5.74, 6) is -1.15. The van der Waals surface area contributed by atoms with Gasteiger partial charge >= 0.3 is 29.6 Å². The number of oxazole rings is 1. The molecule has 0 amide bonds. The van der Waals surface area contributed by atoms with Gasteiger partial charge in [-0.3, -0.25) is 0 Å². The van der Waals surface area contributed by atoms with Crippen LogP contribution in [0.25, 0.3) is 11.5 Å². The molecule has 27 heavy (non-hydrogen) atoms. The van der Waals surface area contributed by atoms with Crippen LogP contribution < -0.4 is 39.4 Å². The van der Waals surface area contributed by atoms with Gasteiger partial charge in [-0.15, -0.1) is 0 Å². The van der Waals surface area contributed by atoms with E-state index in [0.29, 0.717) is 21.9 Å². The van der Waals surface area contributed by atoms with Gasteiger partial charge in [0, 0.05) is 23.0 Å². The second-order valence-corrected chi connectivity index (χ2v) is 6.20. The van der Waals surface area contributed by atoms with Crippen LogP contribution in [-0.2, 0) is 17.8 Å². The number of aromatic nitrogens is 1. The van der Waals surface area contributed by atoms with Crippen molar-refractivity contribution in [3.63, 3.8) is 0 Å². The van der Waals surface area contributed by atoms with Gasteiger partial charge in [0.15, 0.2) is 0 Å². The molecular formula is C18H11Cl2FNNaO4. The van der Waals surface area contributed by atoms with E-state index in [0.717, 1.165) is 0 Å². The van der Waals surface area contributed by atoms with Crippen molar-refractivity contribution in [2.45, 2.75) is 13.0 Å². The normalized spacial score (nSPS) is 10.3. The van der Waals surface area contributed by atoms with Crippen LogP contribution >= 0.6 is 23.2 Å². The Morgan fingerprint density at radius 2 is 2.00 bits per heavy atom. The molecule has 0 fully saturated rings. The zero-order chi connectivity index (χ0) is 18.7. The number of carbonyl (C=O) groups excluding carboxylic acids is 1. The number of nitrogens with zero attached hydrogens (tertiary/aromatic N) is 1. The molecule has 0 aliphatic heterocycles. The van der Waals surface area contributed by atoms with Crippen LogP contribution in [0.4, 0.5) is 4.39 Å². The van der Waals surface area contributed by atoms with Gasteiger partial charge in [0.2, 0.25) is 5.89 Å². The molecule has 0 aliphatic carbocycles. The summed E-state index contributed by atoms with van der Waals surface area (Å²) in [7, 11) is 0. The second kappa shape index (κ2) is 9.57. The van der Waals surface area contributed by atoms with Crippen molar-refractivity contribution in [2.24, 2.45) is 0 Å². The zero-order valence-corrected chi connectivity index (χ0v) is 17.7. The summed E-state index contributed by atoms with van der Waals surface area (Å²) in [6.45, 7) is 0.0837. The van der Waals surface area contributed by atoms with Crippen LogP contribution in [0.5, 0.6) is 5.75 Å². The van der Waals surface area contributed by atoms with Gasteiger partial charge in [-0.1, -0.05) is 29.3 Å². The van der Waals surface area contributed by atoms with Gasteiger partial charge in [0.05, 0.1) is 16.3 Å². The van der Waals surface area contributed by atoms with Gasteiger partial charge in [-0.05, 0) is 30.3 Å². The summed E-state index contributed by atoms with van der Waals surface area (Å²) in [5, 5.41) is 11.3. The number of benzene rings is 2. The van der Waals surface area contributed by atoms with Crippen LogP contribution in [-0.4, -0.2) is 11.0 Å². The molecule has 0 bridgehead atoms. The van der Waals surface area contributed by atoms with E-state index in [4.69, 9.17) is 32.4 Å². The Morgan fingerprint density at radius 3 is 2.70 bits per heavy atom. The maximum atomic E-state index is 13.1. The van der Waals surface area contributed by atoms with Crippen molar-refractivity contribution in [1.29, 1.82) is 0 Å². The molecule has 0 atom stereocenters. The van der Waals surface area contributed by atoms with E-state index in [1.165, 1.54) is 24.5 Å². The number of ether oxygens (including phenoxy) is 1. The first kappa shape index (κ1) is 21.7. The Balaban J connectivity index is 0.00000261. The maximum Gasteiger partial charge on any atom is 1.00 e. The minimum absolute atomic E-state index is 0. The fraction of sp³-hybridized carbons (Fsp3) is 0.111. The van der Waals surface area contributed by atoms with Crippen molar-refractivity contribution in [1.82, 2.24) is 4.98 Å². The van der Waals surface area contributed by atoms with E-state index >= 15 is 0 Å². The Morgan fingerprint density at radius 1 is 1.22 bits per heavy atom. The van der Waals surface area contributed by atoms with E-state index in [2.05, 4.69) is 4.98 Å². The Bertz CT molecular complexity index is 964. The molecular weight excluding hydrogens is 407 g/mol. The summed E-state index contributed by atoms with van der Waals surface area (Å²) in [6.07, 6.45) is 0.859. The van der Waals surface area contributed by atoms with Gasteiger partial charge < -0.3 is 19.1 Å². The number of carboxylic acids is 1. The maximum absolute atomic E-state index is 13.1. The first-order valence-corrected chi connectivity index (χ1v) is 8.19. The molecule has 2 aromatic carbocycles. The summed E-state index contributed by atoms with van der Waals surface area (Å²) in [4.78, 5) is 14.8. The average molecular weight is 418 g/mol. The van der Waals surface area contributed by atoms with E-state index in [1.807, 2.05) is 0 Å². The van der Waals surface area contributed by atoms with Crippen molar-refractivity contribution in [2.75, 3.05) is 0 Å². The van der Waals surface area contributed by atoms with Gasteiger partial charge in [0.1, 0.15) is 24.4 Å². The van der Waals surface area contributed by atoms with Crippen LogP contribution in [0.1, 0.15) is 11.3 Å². The molecule has 1 heterocycles. The monoisotopic (exact) mass is 417 g/mol. The Labute approximate surface area is 186 Å². The van der Waals surface area contributed by atoms with Crippen LogP contribution in [0.15, 0.2) is 47.1 Å². The molecule has 0 saturated heterocycles. The summed E-state index contributed by atoms with van der Waals surface area (Å²) >= 11 is 12.0. The third kappa shape index (κ3) is 5.70. The molecule has 3 rings (SSSR count). The molecule has 3 aromatic rings. The number of hydrogen-bond acceptors (Lipinski definition) is 5. The van der Waals surface area contributed by atoms with Crippen molar-refractivity contribution >= 4 is 29.2 Å². The minimum atomic E-state index is -1.27. The molecule has 0 spiro atoms. The smallest absolute Gasteiger partial charge is 0.550 e. The van der Waals surface area contributed by atoms with Crippen LogP contribution in [0.3, 0.4) is 0 Å². The first-order valence-electron chi connectivity index (χ1n) is 7.43. The molecule has 9 heteroatoms. The van der Waals surface area contributed by atoms with E-state index in [9.17, 15) is 14.3 Å². The standard InChI is InChI=1S/C18H12Cl2FNO4.Na/c19-11-2-4-16(25-8-10-1-3-12(21)6-15(10)20)14(5-11)18-22-13(9-26-18)7-17(23)24;/h1-6,9H,7-8H2,(H,23,24);/q;+1/p-1. The molecule has 0 N–H and O–H groups in total. The number of rotatable bonds is 6. The summed E-state index contributed by atoms with van der Waals surface area (Å²) in [6, 6.07) is 8.83. The number of hydrogen-bond donors (Lipinski definition) is 0. The zero-order valence-electron chi connectivity index (χ0n) is 14.2. The third-order valence-corrected chi connectivity index (χ3v) is 4.03. The van der Waals surface area contributed by atoms with Crippen LogP contribution in [0, 0.1) is 5.82 Å². The quantitative estimate of drug-likeness (QED) is 0.550. The number of carbonyl (C=O) groups is 1. The molecule has 1 aromatic heterocycles.